The standard InChI is InChI=1S/C19H19F2NO4/c1-12(2)13-6-8-15(9-7-13)22-17(23)11-25-18(24)14-4-3-5-16(10-14)26-19(20)21/h3-10,12,19H,11H2,1-2H3,(H,22,23). The average molecular weight is 363 g/mol. The maximum Gasteiger partial charge on any atom is 0.387 e. The van der Waals surface area contributed by atoms with Crippen molar-refractivity contribution in [2.24, 2.45) is 0 Å². The number of rotatable bonds is 7. The van der Waals surface area contributed by atoms with Gasteiger partial charge in [0.25, 0.3) is 5.91 Å². The van der Waals surface area contributed by atoms with Crippen LogP contribution in [0.25, 0.3) is 0 Å². The zero-order valence-electron chi connectivity index (χ0n) is 14.4. The molecule has 0 fully saturated rings. The number of alkyl halides is 2. The van der Waals surface area contributed by atoms with Crippen LogP contribution in [-0.2, 0) is 9.53 Å². The topological polar surface area (TPSA) is 64.6 Å². The Morgan fingerprint density at radius 2 is 1.77 bits per heavy atom. The van der Waals surface area contributed by atoms with E-state index in [1.54, 1.807) is 12.1 Å². The summed E-state index contributed by atoms with van der Waals surface area (Å²) >= 11 is 0. The first-order chi connectivity index (χ1) is 12.3. The van der Waals surface area contributed by atoms with Gasteiger partial charge in [-0.2, -0.15) is 8.78 Å². The third-order valence-electron chi connectivity index (χ3n) is 3.49. The fourth-order valence-corrected chi connectivity index (χ4v) is 2.16. The first kappa shape index (κ1) is 19.4. The predicted octanol–water partition coefficient (Wildman–Crippen LogP) is 4.21. The molecular weight excluding hydrogens is 344 g/mol. The molecule has 0 aliphatic heterocycles. The van der Waals surface area contributed by atoms with E-state index in [0.717, 1.165) is 11.6 Å². The van der Waals surface area contributed by atoms with E-state index < -0.39 is 25.1 Å². The lowest BCUT2D eigenvalue weighted by Gasteiger charge is -2.09. The highest BCUT2D eigenvalue weighted by Gasteiger charge is 2.13. The predicted molar refractivity (Wildman–Crippen MR) is 92.5 cm³/mol. The second-order valence-corrected chi connectivity index (χ2v) is 5.81. The number of esters is 1. The molecule has 0 bridgehead atoms. The summed E-state index contributed by atoms with van der Waals surface area (Å²) in [5.74, 6) is -1.10. The van der Waals surface area contributed by atoms with E-state index in [2.05, 4.69) is 23.9 Å². The molecule has 0 saturated heterocycles. The third-order valence-corrected chi connectivity index (χ3v) is 3.49. The van der Waals surface area contributed by atoms with Gasteiger partial charge in [-0.05, 0) is 41.8 Å². The Labute approximate surface area is 149 Å². The molecule has 0 aromatic heterocycles. The van der Waals surface area contributed by atoms with Gasteiger partial charge < -0.3 is 14.8 Å². The number of carbonyl (C=O) groups is 2. The number of amides is 1. The van der Waals surface area contributed by atoms with Crippen LogP contribution in [0.2, 0.25) is 0 Å². The number of ether oxygens (including phenoxy) is 2. The minimum atomic E-state index is -2.99. The maximum absolute atomic E-state index is 12.2. The van der Waals surface area contributed by atoms with E-state index in [1.807, 2.05) is 12.1 Å². The fraction of sp³-hybridized carbons (Fsp3) is 0.263. The van der Waals surface area contributed by atoms with E-state index >= 15 is 0 Å². The molecule has 0 unspecified atom stereocenters. The number of nitrogens with one attached hydrogen (secondary N) is 1. The van der Waals surface area contributed by atoms with Gasteiger partial charge in [0.05, 0.1) is 5.56 Å². The van der Waals surface area contributed by atoms with Gasteiger partial charge >= 0.3 is 12.6 Å². The van der Waals surface area contributed by atoms with E-state index in [4.69, 9.17) is 4.74 Å². The number of halogens is 2. The van der Waals surface area contributed by atoms with Crippen LogP contribution in [0, 0.1) is 0 Å². The lowest BCUT2D eigenvalue weighted by Crippen LogP contribution is -2.21. The Hall–Kier alpha value is -2.96. The molecule has 2 aromatic rings. The lowest BCUT2D eigenvalue weighted by atomic mass is 10.0. The molecule has 0 saturated carbocycles. The highest BCUT2D eigenvalue weighted by molar-refractivity contribution is 5.95. The number of anilines is 1. The van der Waals surface area contributed by atoms with Gasteiger partial charge in [-0.1, -0.05) is 32.0 Å². The molecule has 0 heterocycles. The summed E-state index contributed by atoms with van der Waals surface area (Å²) in [6, 6.07) is 12.5. The summed E-state index contributed by atoms with van der Waals surface area (Å²) in [5, 5.41) is 2.61. The molecular formula is C19H19F2NO4. The molecule has 0 atom stereocenters. The van der Waals surface area contributed by atoms with Crippen molar-refractivity contribution in [1.29, 1.82) is 0 Å². The molecule has 5 nitrogen and oxygen atoms in total. The Kier molecular flexibility index (Phi) is 6.66. The van der Waals surface area contributed by atoms with Crippen LogP contribution in [0.4, 0.5) is 14.5 Å². The summed E-state index contributed by atoms with van der Waals surface area (Å²) in [6.07, 6.45) is 0. The normalized spacial score (nSPS) is 10.7. The van der Waals surface area contributed by atoms with Crippen molar-refractivity contribution in [2.45, 2.75) is 26.4 Å². The van der Waals surface area contributed by atoms with Crippen molar-refractivity contribution in [3.05, 3.63) is 59.7 Å². The number of hydrogen-bond acceptors (Lipinski definition) is 4. The maximum atomic E-state index is 12.2. The van der Waals surface area contributed by atoms with Gasteiger partial charge in [-0.15, -0.1) is 0 Å². The van der Waals surface area contributed by atoms with Crippen LogP contribution in [0.1, 0.15) is 35.7 Å². The molecule has 26 heavy (non-hydrogen) atoms. The largest absolute Gasteiger partial charge is 0.452 e. The van der Waals surface area contributed by atoms with Crippen LogP contribution < -0.4 is 10.1 Å². The van der Waals surface area contributed by atoms with Crippen LogP contribution in [0.5, 0.6) is 5.75 Å². The second-order valence-electron chi connectivity index (χ2n) is 5.81. The molecule has 0 aliphatic rings. The van der Waals surface area contributed by atoms with Crippen LogP contribution >= 0.6 is 0 Å². The van der Waals surface area contributed by atoms with E-state index in [9.17, 15) is 18.4 Å². The smallest absolute Gasteiger partial charge is 0.387 e. The average Bonchev–Trinajstić information content (AvgIpc) is 2.59. The minimum absolute atomic E-state index is 0.0113. The molecule has 2 aromatic carbocycles. The summed E-state index contributed by atoms with van der Waals surface area (Å²) in [5.41, 5.74) is 1.74. The van der Waals surface area contributed by atoms with Gasteiger partial charge in [0.2, 0.25) is 0 Å². The van der Waals surface area contributed by atoms with Gasteiger partial charge in [0.15, 0.2) is 6.61 Å². The second kappa shape index (κ2) is 8.94. The highest BCUT2D eigenvalue weighted by atomic mass is 19.3. The molecule has 1 amide bonds. The summed E-state index contributed by atoms with van der Waals surface area (Å²) in [7, 11) is 0. The summed E-state index contributed by atoms with van der Waals surface area (Å²) < 4.78 is 33.5. The van der Waals surface area contributed by atoms with Crippen molar-refractivity contribution < 1.29 is 27.8 Å². The van der Waals surface area contributed by atoms with Crippen molar-refractivity contribution in [3.8, 4) is 5.75 Å². The van der Waals surface area contributed by atoms with E-state index in [-0.39, 0.29) is 11.3 Å². The quantitative estimate of drug-likeness (QED) is 0.749. The summed E-state index contributed by atoms with van der Waals surface area (Å²) in [6.45, 7) is 0.641. The van der Waals surface area contributed by atoms with Crippen molar-refractivity contribution >= 4 is 17.6 Å². The third kappa shape index (κ3) is 5.84. The molecule has 0 radical (unpaired) electrons. The van der Waals surface area contributed by atoms with Crippen molar-refractivity contribution in [3.63, 3.8) is 0 Å². The first-order valence-corrected chi connectivity index (χ1v) is 7.97. The molecule has 1 N–H and O–H groups in total. The van der Waals surface area contributed by atoms with E-state index in [0.29, 0.717) is 11.6 Å². The van der Waals surface area contributed by atoms with Crippen LogP contribution in [0.15, 0.2) is 48.5 Å². The first-order valence-electron chi connectivity index (χ1n) is 7.97. The Morgan fingerprint density at radius 3 is 2.38 bits per heavy atom. The number of hydrogen-bond donors (Lipinski definition) is 1. The lowest BCUT2D eigenvalue weighted by molar-refractivity contribution is -0.119. The van der Waals surface area contributed by atoms with Gasteiger partial charge in [-0.3, -0.25) is 4.79 Å². The number of benzene rings is 2. The van der Waals surface area contributed by atoms with Gasteiger partial charge in [0, 0.05) is 5.69 Å². The SMILES string of the molecule is CC(C)c1ccc(NC(=O)COC(=O)c2cccc(OC(F)F)c2)cc1. The van der Waals surface area contributed by atoms with Gasteiger partial charge in [-0.25, -0.2) is 4.79 Å². The molecule has 138 valence electrons. The zero-order chi connectivity index (χ0) is 19.1. The van der Waals surface area contributed by atoms with Crippen molar-refractivity contribution in [1.82, 2.24) is 0 Å². The monoisotopic (exact) mass is 363 g/mol. The van der Waals surface area contributed by atoms with E-state index in [1.165, 1.54) is 18.2 Å². The molecule has 0 spiro atoms. The molecule has 2 rings (SSSR count). The Bertz CT molecular complexity index is 760. The van der Waals surface area contributed by atoms with Crippen LogP contribution in [0.3, 0.4) is 0 Å². The Morgan fingerprint density at radius 1 is 1.08 bits per heavy atom. The van der Waals surface area contributed by atoms with Gasteiger partial charge in [0.1, 0.15) is 5.75 Å². The van der Waals surface area contributed by atoms with Crippen molar-refractivity contribution in [2.75, 3.05) is 11.9 Å². The minimum Gasteiger partial charge on any atom is -0.452 e. The number of carbonyl (C=O) groups excluding carboxylic acids is 2. The summed E-state index contributed by atoms with van der Waals surface area (Å²) in [4.78, 5) is 23.8. The Balaban J connectivity index is 1.87. The highest BCUT2D eigenvalue weighted by Crippen LogP contribution is 2.18. The zero-order valence-corrected chi connectivity index (χ0v) is 14.4. The molecule has 0 aliphatic carbocycles. The fourth-order valence-electron chi connectivity index (χ4n) is 2.16. The van der Waals surface area contributed by atoms with Crippen LogP contribution in [-0.4, -0.2) is 25.1 Å². The molecule has 7 heteroatoms.